The zero-order chi connectivity index (χ0) is 19.8. The van der Waals surface area contributed by atoms with E-state index in [1.165, 1.54) is 12.1 Å². The Morgan fingerprint density at radius 1 is 1.00 bits per heavy atom. The quantitative estimate of drug-likeness (QED) is 0.581. The third kappa shape index (κ3) is 3.23. The number of benzene rings is 1. The maximum Gasteiger partial charge on any atom is 0.167 e. The molecule has 0 bridgehead atoms. The number of rotatable bonds is 4. The number of imidazole rings is 1. The van der Waals surface area contributed by atoms with E-state index in [0.717, 1.165) is 53.6 Å². The van der Waals surface area contributed by atoms with E-state index in [0.29, 0.717) is 6.04 Å². The van der Waals surface area contributed by atoms with Crippen molar-refractivity contribution in [2.75, 3.05) is 25.0 Å². The van der Waals surface area contributed by atoms with Gasteiger partial charge in [-0.3, -0.25) is 9.55 Å². The van der Waals surface area contributed by atoms with E-state index < -0.39 is 0 Å². The molecule has 146 valence electrons. The first-order chi connectivity index (χ1) is 14.2. The minimum atomic E-state index is -0.270. The van der Waals surface area contributed by atoms with Crippen molar-refractivity contribution in [3.63, 3.8) is 0 Å². The van der Waals surface area contributed by atoms with Crippen molar-refractivity contribution in [2.24, 2.45) is 0 Å². The topological polar surface area (TPSA) is 58.9 Å². The van der Waals surface area contributed by atoms with Crippen molar-refractivity contribution < 1.29 is 4.39 Å². The second-order valence-electron chi connectivity index (χ2n) is 7.22. The first-order valence-corrected chi connectivity index (χ1v) is 9.71. The van der Waals surface area contributed by atoms with Crippen LogP contribution in [0.1, 0.15) is 6.42 Å². The molecule has 0 amide bonds. The minimum Gasteiger partial charge on any atom is -0.355 e. The molecule has 5 rings (SSSR count). The normalized spacial score (nSPS) is 16.6. The van der Waals surface area contributed by atoms with E-state index >= 15 is 0 Å². The number of fused-ring (bicyclic) bond motifs is 1. The molecule has 4 heterocycles. The van der Waals surface area contributed by atoms with Crippen molar-refractivity contribution in [3.8, 4) is 17.1 Å². The van der Waals surface area contributed by atoms with E-state index in [4.69, 9.17) is 9.97 Å². The highest BCUT2D eigenvalue weighted by atomic mass is 19.1. The summed E-state index contributed by atoms with van der Waals surface area (Å²) in [7, 11) is 2.00. The first-order valence-electron chi connectivity index (χ1n) is 9.71. The summed E-state index contributed by atoms with van der Waals surface area (Å²) in [5.41, 5.74) is 3.33. The van der Waals surface area contributed by atoms with Gasteiger partial charge in [-0.25, -0.2) is 14.4 Å². The van der Waals surface area contributed by atoms with Crippen LogP contribution in [-0.4, -0.2) is 45.7 Å². The van der Waals surface area contributed by atoms with Gasteiger partial charge in [-0.1, -0.05) is 0 Å². The predicted molar refractivity (Wildman–Crippen MR) is 112 cm³/mol. The van der Waals surface area contributed by atoms with Gasteiger partial charge in [-0.2, -0.15) is 0 Å². The molecule has 0 spiro atoms. The number of nitrogens with zero attached hydrogens (tertiary/aromatic N) is 5. The Morgan fingerprint density at radius 2 is 1.79 bits per heavy atom. The molecule has 1 fully saturated rings. The lowest BCUT2D eigenvalue weighted by atomic mass is 10.2. The highest BCUT2D eigenvalue weighted by Gasteiger charge is 2.23. The fraction of sp³-hybridized carbons (Fsp3) is 0.227. The molecule has 0 aliphatic carbocycles. The summed E-state index contributed by atoms with van der Waals surface area (Å²) in [6.45, 7) is 1.90. The zero-order valence-electron chi connectivity index (χ0n) is 16.1. The van der Waals surface area contributed by atoms with Gasteiger partial charge in [0.25, 0.3) is 0 Å². The average molecular weight is 388 g/mol. The number of hydrogen-bond donors (Lipinski definition) is 1. The number of nitrogens with one attached hydrogen (secondary N) is 1. The zero-order valence-corrected chi connectivity index (χ0v) is 16.1. The van der Waals surface area contributed by atoms with Crippen LogP contribution >= 0.6 is 0 Å². The van der Waals surface area contributed by atoms with Crippen LogP contribution in [0.4, 0.5) is 10.2 Å². The lowest BCUT2D eigenvalue weighted by molar-refractivity contribution is 0.616. The van der Waals surface area contributed by atoms with Crippen LogP contribution in [0.25, 0.3) is 28.2 Å². The van der Waals surface area contributed by atoms with Crippen LogP contribution in [0, 0.1) is 5.82 Å². The molecule has 1 saturated heterocycles. The Bertz CT molecular complexity index is 1140. The third-order valence-electron chi connectivity index (χ3n) is 5.43. The second-order valence-corrected chi connectivity index (χ2v) is 7.22. The monoisotopic (exact) mass is 388 g/mol. The summed E-state index contributed by atoms with van der Waals surface area (Å²) in [5, 5.41) is 3.34. The molecule has 1 aliphatic rings. The first kappa shape index (κ1) is 17.8. The van der Waals surface area contributed by atoms with Gasteiger partial charge < -0.3 is 10.2 Å². The Balaban J connectivity index is 1.68. The predicted octanol–water partition coefficient (Wildman–Crippen LogP) is 3.42. The maximum atomic E-state index is 13.5. The van der Waals surface area contributed by atoms with Gasteiger partial charge in [-0.15, -0.1) is 0 Å². The molecule has 1 aliphatic heterocycles. The Morgan fingerprint density at radius 3 is 2.52 bits per heavy atom. The molecule has 1 aromatic carbocycles. The van der Waals surface area contributed by atoms with E-state index in [9.17, 15) is 4.39 Å². The van der Waals surface area contributed by atoms with Crippen molar-refractivity contribution in [1.29, 1.82) is 0 Å². The summed E-state index contributed by atoms with van der Waals surface area (Å²) in [6.07, 6.45) is 4.59. The van der Waals surface area contributed by atoms with E-state index in [1.54, 1.807) is 24.5 Å². The number of likely N-dealkylation sites (N-methyl/N-ethyl adjacent to an activating group) is 1. The van der Waals surface area contributed by atoms with Crippen molar-refractivity contribution in [3.05, 3.63) is 66.7 Å². The van der Waals surface area contributed by atoms with Crippen molar-refractivity contribution in [1.82, 2.24) is 24.8 Å². The molecule has 0 unspecified atom stereocenters. The van der Waals surface area contributed by atoms with Gasteiger partial charge >= 0.3 is 0 Å². The van der Waals surface area contributed by atoms with Crippen molar-refractivity contribution in [2.45, 2.75) is 12.5 Å². The van der Waals surface area contributed by atoms with Gasteiger partial charge in [0.15, 0.2) is 5.65 Å². The molecule has 6 nitrogen and oxygen atoms in total. The maximum absolute atomic E-state index is 13.5. The largest absolute Gasteiger partial charge is 0.355 e. The molecule has 29 heavy (non-hydrogen) atoms. The average Bonchev–Trinajstić information content (AvgIpc) is 3.39. The third-order valence-corrected chi connectivity index (χ3v) is 5.43. The number of halogens is 1. The fourth-order valence-corrected chi connectivity index (χ4v) is 3.86. The van der Waals surface area contributed by atoms with Gasteiger partial charge in [-0.05, 0) is 62.0 Å². The van der Waals surface area contributed by atoms with Crippen LogP contribution < -0.4 is 10.2 Å². The molecule has 4 aromatic rings. The summed E-state index contributed by atoms with van der Waals surface area (Å²) in [5.74, 6) is 1.40. The highest BCUT2D eigenvalue weighted by Crippen LogP contribution is 2.29. The Kier molecular flexibility index (Phi) is 4.44. The number of hydrogen-bond acceptors (Lipinski definition) is 5. The standard InChI is InChI=1S/C22H21FN6/c1-24-17-10-13-28(14-17)20-7-6-19-22(27-20)29(18-8-11-25-12-9-18)21(26-19)15-2-4-16(23)5-3-15/h2-9,11-12,17,24H,10,13-14H2,1H3/t17-/m1/s1. The summed E-state index contributed by atoms with van der Waals surface area (Å²) < 4.78 is 15.5. The number of pyridine rings is 2. The van der Waals surface area contributed by atoms with Crippen LogP contribution in [0.2, 0.25) is 0 Å². The summed E-state index contributed by atoms with van der Waals surface area (Å²) >= 11 is 0. The van der Waals surface area contributed by atoms with Crippen LogP contribution in [0.5, 0.6) is 0 Å². The van der Waals surface area contributed by atoms with Gasteiger partial charge in [0.2, 0.25) is 0 Å². The van der Waals surface area contributed by atoms with Gasteiger partial charge in [0.1, 0.15) is 23.0 Å². The van der Waals surface area contributed by atoms with Crippen molar-refractivity contribution >= 4 is 17.0 Å². The number of anilines is 1. The fourth-order valence-electron chi connectivity index (χ4n) is 3.86. The Labute approximate surface area is 168 Å². The summed E-state index contributed by atoms with van der Waals surface area (Å²) in [6, 6.07) is 14.8. The Hall–Kier alpha value is -3.32. The molecule has 3 aromatic heterocycles. The molecule has 7 heteroatoms. The lowest BCUT2D eigenvalue weighted by Gasteiger charge is -2.17. The van der Waals surface area contributed by atoms with Gasteiger partial charge in [0.05, 0.1) is 5.69 Å². The number of aromatic nitrogens is 4. The second kappa shape index (κ2) is 7.25. The molecule has 1 N–H and O–H groups in total. The van der Waals surface area contributed by atoms with E-state index in [2.05, 4.69) is 15.2 Å². The molecular weight excluding hydrogens is 367 g/mol. The van der Waals surface area contributed by atoms with Gasteiger partial charge in [0, 0.05) is 37.1 Å². The molecular formula is C22H21FN6. The minimum absolute atomic E-state index is 0.270. The highest BCUT2D eigenvalue weighted by molar-refractivity contribution is 5.81. The molecule has 0 radical (unpaired) electrons. The molecule has 0 saturated carbocycles. The van der Waals surface area contributed by atoms with Crippen LogP contribution in [0.15, 0.2) is 60.9 Å². The van der Waals surface area contributed by atoms with E-state index in [1.807, 2.05) is 35.9 Å². The SMILES string of the molecule is CN[C@@H]1CCN(c2ccc3nc(-c4ccc(F)cc4)n(-c4ccncc4)c3n2)C1. The lowest BCUT2D eigenvalue weighted by Crippen LogP contribution is -2.29. The van der Waals surface area contributed by atoms with Crippen LogP contribution in [0.3, 0.4) is 0 Å². The summed E-state index contributed by atoms with van der Waals surface area (Å²) in [4.78, 5) is 16.2. The smallest absolute Gasteiger partial charge is 0.167 e. The van der Waals surface area contributed by atoms with E-state index in [-0.39, 0.29) is 5.82 Å². The molecule has 1 atom stereocenters. The van der Waals surface area contributed by atoms with Crippen LogP contribution in [-0.2, 0) is 0 Å².